The summed E-state index contributed by atoms with van der Waals surface area (Å²) in [4.78, 5) is 16.4. The lowest BCUT2D eigenvalue weighted by Gasteiger charge is -2.34. The van der Waals surface area contributed by atoms with Crippen molar-refractivity contribution in [1.82, 2.24) is 30.0 Å². The molecule has 1 atom stereocenters. The zero-order valence-corrected chi connectivity index (χ0v) is 15.1. The van der Waals surface area contributed by atoms with Crippen molar-refractivity contribution in [1.29, 1.82) is 0 Å². The van der Waals surface area contributed by atoms with Gasteiger partial charge < -0.3 is 9.80 Å². The zero-order valence-electron chi connectivity index (χ0n) is 15.1. The summed E-state index contributed by atoms with van der Waals surface area (Å²) in [6.45, 7) is 3.70. The maximum absolute atomic E-state index is 13.8. The second-order valence-corrected chi connectivity index (χ2v) is 6.93. The highest BCUT2D eigenvalue weighted by atomic mass is 19.1. The molecule has 3 rings (SSSR count). The van der Waals surface area contributed by atoms with Gasteiger partial charge in [-0.25, -0.2) is 9.07 Å². The highest BCUT2D eigenvalue weighted by Gasteiger charge is 2.23. The van der Waals surface area contributed by atoms with Crippen LogP contribution in [0.2, 0.25) is 0 Å². The summed E-state index contributed by atoms with van der Waals surface area (Å²) in [7, 11) is 1.82. The number of hydrogen-bond acceptors (Lipinski definition) is 5. The summed E-state index contributed by atoms with van der Waals surface area (Å²) in [6, 6.07) is 6.96. The van der Waals surface area contributed by atoms with E-state index in [2.05, 4.69) is 20.4 Å². The number of likely N-dealkylation sites (tertiary alicyclic amines) is 1. The number of aromatic nitrogens is 4. The quantitative estimate of drug-likeness (QED) is 0.743. The zero-order chi connectivity index (χ0) is 18.4. The minimum atomic E-state index is -0.131. The smallest absolute Gasteiger partial charge is 0.244 e. The summed E-state index contributed by atoms with van der Waals surface area (Å²) in [5.41, 5.74) is 0.767. The van der Waals surface area contributed by atoms with Crippen LogP contribution in [0.5, 0.6) is 0 Å². The normalized spacial score (nSPS) is 18.0. The van der Waals surface area contributed by atoms with Crippen LogP contribution in [0.1, 0.15) is 18.4 Å². The summed E-state index contributed by atoms with van der Waals surface area (Å²) in [5.74, 6) is 0.307. The van der Waals surface area contributed by atoms with Crippen LogP contribution in [0.25, 0.3) is 0 Å². The molecule has 1 fully saturated rings. The first kappa shape index (κ1) is 18.4. The number of tetrazole rings is 1. The average Bonchev–Trinajstić information content (AvgIpc) is 3.14. The summed E-state index contributed by atoms with van der Waals surface area (Å²) >= 11 is 0. The third kappa shape index (κ3) is 5.08. The van der Waals surface area contributed by atoms with E-state index in [1.54, 1.807) is 11.0 Å². The van der Waals surface area contributed by atoms with Gasteiger partial charge in [0.1, 0.15) is 18.7 Å². The van der Waals surface area contributed by atoms with Gasteiger partial charge in [-0.2, -0.15) is 0 Å². The largest absolute Gasteiger partial charge is 0.344 e. The van der Waals surface area contributed by atoms with Crippen molar-refractivity contribution in [2.45, 2.75) is 25.8 Å². The second kappa shape index (κ2) is 8.84. The number of halogens is 1. The van der Waals surface area contributed by atoms with Crippen molar-refractivity contribution in [2.24, 2.45) is 5.92 Å². The molecule has 0 saturated carbocycles. The highest BCUT2D eigenvalue weighted by molar-refractivity contribution is 5.75. The first-order valence-electron chi connectivity index (χ1n) is 9.02. The maximum atomic E-state index is 13.8. The average molecular weight is 360 g/mol. The predicted molar refractivity (Wildman–Crippen MR) is 94.7 cm³/mol. The Morgan fingerprint density at radius 1 is 1.38 bits per heavy atom. The fourth-order valence-electron chi connectivity index (χ4n) is 3.48. The van der Waals surface area contributed by atoms with Gasteiger partial charge in [0.15, 0.2) is 0 Å². The number of carbonyl (C=O) groups excluding carboxylic acids is 1. The van der Waals surface area contributed by atoms with Crippen molar-refractivity contribution in [3.05, 3.63) is 42.0 Å². The number of nitrogens with zero attached hydrogens (tertiary/aromatic N) is 6. The van der Waals surface area contributed by atoms with E-state index in [-0.39, 0.29) is 18.3 Å². The van der Waals surface area contributed by atoms with E-state index in [1.807, 2.05) is 19.2 Å². The van der Waals surface area contributed by atoms with Gasteiger partial charge in [0, 0.05) is 26.7 Å². The van der Waals surface area contributed by atoms with Gasteiger partial charge in [0.2, 0.25) is 5.91 Å². The maximum Gasteiger partial charge on any atom is 0.244 e. The number of likely N-dealkylation sites (N-methyl/N-ethyl adjacent to an activating group) is 1. The first-order valence-corrected chi connectivity index (χ1v) is 9.02. The van der Waals surface area contributed by atoms with Gasteiger partial charge in [-0.1, -0.05) is 18.2 Å². The minimum absolute atomic E-state index is 0.000722. The molecule has 0 spiro atoms. The highest BCUT2D eigenvalue weighted by Crippen LogP contribution is 2.18. The lowest BCUT2D eigenvalue weighted by Crippen LogP contribution is -2.43. The summed E-state index contributed by atoms with van der Waals surface area (Å²) in [6.07, 6.45) is 4.37. The number of hydrogen-bond donors (Lipinski definition) is 0. The van der Waals surface area contributed by atoms with E-state index in [4.69, 9.17) is 0 Å². The number of rotatable bonds is 7. The number of benzene rings is 1. The van der Waals surface area contributed by atoms with Crippen LogP contribution in [-0.2, 0) is 17.8 Å². The van der Waals surface area contributed by atoms with E-state index in [0.29, 0.717) is 12.3 Å². The van der Waals surface area contributed by atoms with E-state index >= 15 is 0 Å². The predicted octanol–water partition coefficient (Wildman–Crippen LogP) is 1.23. The molecule has 0 N–H and O–H groups in total. The SMILES string of the molecule is CN(C[C@@H]1CCCN(CCc2ccccc2F)C1)C(=O)Cn1cnnn1. The molecule has 7 nitrogen and oxygen atoms in total. The van der Waals surface area contributed by atoms with Crippen LogP contribution in [0.3, 0.4) is 0 Å². The third-order valence-electron chi connectivity index (χ3n) is 4.90. The van der Waals surface area contributed by atoms with Crippen molar-refractivity contribution < 1.29 is 9.18 Å². The van der Waals surface area contributed by atoms with Crippen LogP contribution in [0.15, 0.2) is 30.6 Å². The Kier molecular flexibility index (Phi) is 6.27. The fourth-order valence-corrected chi connectivity index (χ4v) is 3.48. The molecule has 0 aliphatic carbocycles. The summed E-state index contributed by atoms with van der Waals surface area (Å²) < 4.78 is 15.2. The summed E-state index contributed by atoms with van der Waals surface area (Å²) in [5, 5.41) is 10.8. The molecule has 1 saturated heterocycles. The molecule has 26 heavy (non-hydrogen) atoms. The second-order valence-electron chi connectivity index (χ2n) is 6.93. The Balaban J connectivity index is 1.45. The molecule has 1 aromatic heterocycles. The van der Waals surface area contributed by atoms with Gasteiger partial charge in [0.05, 0.1) is 0 Å². The first-order chi connectivity index (χ1) is 12.6. The monoisotopic (exact) mass is 360 g/mol. The van der Waals surface area contributed by atoms with Gasteiger partial charge >= 0.3 is 0 Å². The number of piperidine rings is 1. The molecule has 0 bridgehead atoms. The topological polar surface area (TPSA) is 67.2 Å². The van der Waals surface area contributed by atoms with Crippen molar-refractivity contribution in [2.75, 3.05) is 33.2 Å². The molecule has 1 aromatic carbocycles. The van der Waals surface area contributed by atoms with Gasteiger partial charge in [-0.15, -0.1) is 5.10 Å². The number of amides is 1. The van der Waals surface area contributed by atoms with Gasteiger partial charge in [0.25, 0.3) is 0 Å². The molecule has 1 amide bonds. The van der Waals surface area contributed by atoms with E-state index in [0.717, 1.165) is 44.6 Å². The molecule has 1 aliphatic rings. The Hall–Kier alpha value is -2.35. The Labute approximate surface area is 152 Å². The van der Waals surface area contributed by atoms with Crippen molar-refractivity contribution in [3.63, 3.8) is 0 Å². The molecule has 2 heterocycles. The van der Waals surface area contributed by atoms with E-state index < -0.39 is 0 Å². The van der Waals surface area contributed by atoms with E-state index in [1.165, 1.54) is 17.1 Å². The third-order valence-corrected chi connectivity index (χ3v) is 4.90. The van der Waals surface area contributed by atoms with Crippen molar-refractivity contribution in [3.8, 4) is 0 Å². The van der Waals surface area contributed by atoms with Crippen LogP contribution in [0.4, 0.5) is 4.39 Å². The lowest BCUT2D eigenvalue weighted by molar-refractivity contribution is -0.131. The molecular formula is C18H25FN6O. The fraction of sp³-hybridized carbons (Fsp3) is 0.556. The molecule has 8 heteroatoms. The Morgan fingerprint density at radius 2 is 2.23 bits per heavy atom. The minimum Gasteiger partial charge on any atom is -0.344 e. The van der Waals surface area contributed by atoms with Crippen LogP contribution in [0, 0.1) is 11.7 Å². The molecule has 0 radical (unpaired) electrons. The van der Waals surface area contributed by atoms with Gasteiger partial charge in [-0.05, 0) is 53.8 Å². The molecular weight excluding hydrogens is 335 g/mol. The molecule has 0 unspecified atom stereocenters. The lowest BCUT2D eigenvalue weighted by atomic mass is 9.97. The molecule has 140 valence electrons. The van der Waals surface area contributed by atoms with Crippen LogP contribution < -0.4 is 0 Å². The molecule has 2 aromatic rings. The van der Waals surface area contributed by atoms with Crippen molar-refractivity contribution >= 4 is 5.91 Å². The number of carbonyl (C=O) groups is 1. The van der Waals surface area contributed by atoms with E-state index in [9.17, 15) is 9.18 Å². The standard InChI is InChI=1S/C18H25FN6O/c1-23(18(26)13-25-14-20-21-22-25)11-15-5-4-9-24(12-15)10-8-16-6-2-3-7-17(16)19/h2-3,6-7,14-15H,4-5,8-13H2,1H3/t15-/m0/s1. The Bertz CT molecular complexity index is 707. The van der Waals surface area contributed by atoms with Crippen LogP contribution in [-0.4, -0.2) is 69.1 Å². The molecule has 1 aliphatic heterocycles. The Morgan fingerprint density at radius 3 is 3.00 bits per heavy atom. The van der Waals surface area contributed by atoms with Gasteiger partial charge in [-0.3, -0.25) is 4.79 Å². The van der Waals surface area contributed by atoms with Crippen LogP contribution >= 0.6 is 0 Å².